The number of benzene rings is 1. The minimum absolute atomic E-state index is 0.0357. The van der Waals surface area contributed by atoms with Crippen molar-refractivity contribution in [2.24, 2.45) is 0 Å². The molecular weight excluding hydrogens is 296 g/mol. The van der Waals surface area contributed by atoms with Gasteiger partial charge in [-0.1, -0.05) is 22.0 Å². The lowest BCUT2D eigenvalue weighted by Gasteiger charge is -2.17. The second-order valence-electron chi connectivity index (χ2n) is 4.11. The van der Waals surface area contributed by atoms with Crippen LogP contribution in [0.1, 0.15) is 12.5 Å². The molecule has 1 aromatic rings. The van der Waals surface area contributed by atoms with Crippen molar-refractivity contribution in [1.29, 1.82) is 0 Å². The summed E-state index contributed by atoms with van der Waals surface area (Å²) >= 11 is 3.42. The molecule has 5 heteroatoms. The summed E-state index contributed by atoms with van der Waals surface area (Å²) in [4.78, 5) is 11.8. The number of rotatable bonds is 6. The lowest BCUT2D eigenvalue weighted by atomic mass is 10.2. The van der Waals surface area contributed by atoms with Crippen LogP contribution in [0.25, 0.3) is 0 Å². The fourth-order valence-electron chi connectivity index (χ4n) is 1.48. The van der Waals surface area contributed by atoms with Gasteiger partial charge < -0.3 is 15.4 Å². The normalized spacial score (nSPS) is 12.0. The zero-order chi connectivity index (χ0) is 13.5. The topological polar surface area (TPSA) is 50.4 Å². The Morgan fingerprint density at radius 2 is 2.22 bits per heavy atom. The van der Waals surface area contributed by atoms with E-state index < -0.39 is 0 Å². The van der Waals surface area contributed by atoms with E-state index >= 15 is 0 Å². The molecule has 0 saturated carbocycles. The Morgan fingerprint density at radius 1 is 1.50 bits per heavy atom. The summed E-state index contributed by atoms with van der Waals surface area (Å²) in [5.41, 5.74) is 2.06. The molecule has 0 aromatic heterocycles. The van der Waals surface area contributed by atoms with Crippen LogP contribution in [0.4, 0.5) is 5.69 Å². The molecule has 0 aliphatic rings. The average molecular weight is 315 g/mol. The second kappa shape index (κ2) is 7.38. The van der Waals surface area contributed by atoms with Crippen LogP contribution >= 0.6 is 15.9 Å². The van der Waals surface area contributed by atoms with E-state index in [9.17, 15) is 4.79 Å². The van der Waals surface area contributed by atoms with Crippen LogP contribution < -0.4 is 10.6 Å². The first-order valence-corrected chi connectivity index (χ1v) is 6.63. The largest absolute Gasteiger partial charge is 0.383 e. The maximum absolute atomic E-state index is 11.8. The van der Waals surface area contributed by atoms with Gasteiger partial charge in [0.05, 0.1) is 6.61 Å². The summed E-state index contributed by atoms with van der Waals surface area (Å²) in [7, 11) is 1.61. The van der Waals surface area contributed by atoms with Crippen LogP contribution in [0.2, 0.25) is 0 Å². The van der Waals surface area contributed by atoms with Gasteiger partial charge in [-0.05, 0) is 31.5 Å². The molecule has 1 amide bonds. The monoisotopic (exact) mass is 314 g/mol. The van der Waals surface area contributed by atoms with Crippen molar-refractivity contribution in [1.82, 2.24) is 5.32 Å². The van der Waals surface area contributed by atoms with Gasteiger partial charge in [-0.3, -0.25) is 4.79 Å². The number of ether oxygens (including phenoxy) is 1. The quantitative estimate of drug-likeness (QED) is 0.792. The first-order chi connectivity index (χ1) is 8.54. The fourth-order valence-corrected chi connectivity index (χ4v) is 1.84. The van der Waals surface area contributed by atoms with Crippen LogP contribution in [-0.4, -0.2) is 32.2 Å². The predicted molar refractivity (Wildman–Crippen MR) is 76.8 cm³/mol. The number of amides is 1. The zero-order valence-corrected chi connectivity index (χ0v) is 12.5. The van der Waals surface area contributed by atoms with Crippen LogP contribution in [0, 0.1) is 6.92 Å². The van der Waals surface area contributed by atoms with E-state index in [-0.39, 0.29) is 11.9 Å². The van der Waals surface area contributed by atoms with Gasteiger partial charge >= 0.3 is 0 Å². The van der Waals surface area contributed by atoms with E-state index in [1.165, 1.54) is 0 Å². The van der Waals surface area contributed by atoms with Crippen molar-refractivity contribution < 1.29 is 9.53 Å². The molecule has 0 saturated heterocycles. The maximum atomic E-state index is 11.8. The third-order valence-corrected chi connectivity index (χ3v) is 3.06. The predicted octanol–water partition coefficient (Wildman–Crippen LogP) is 2.32. The maximum Gasteiger partial charge on any atom is 0.242 e. The van der Waals surface area contributed by atoms with Crippen LogP contribution in [0.15, 0.2) is 22.7 Å². The molecule has 1 rings (SSSR count). The van der Waals surface area contributed by atoms with Crippen LogP contribution in [0.5, 0.6) is 0 Å². The standard InChI is InChI=1S/C13H19BrN2O2/c1-9-4-5-11(14)8-12(9)16-10(2)13(17)15-6-7-18-3/h4-5,8,10,16H,6-7H2,1-3H3,(H,15,17). The number of anilines is 1. The molecule has 18 heavy (non-hydrogen) atoms. The van der Waals surface area contributed by atoms with Gasteiger partial charge in [0.1, 0.15) is 6.04 Å². The Morgan fingerprint density at radius 3 is 2.89 bits per heavy atom. The summed E-state index contributed by atoms with van der Waals surface area (Å²) < 4.78 is 5.87. The van der Waals surface area contributed by atoms with Crippen molar-refractivity contribution in [3.05, 3.63) is 28.2 Å². The second-order valence-corrected chi connectivity index (χ2v) is 5.02. The number of aryl methyl sites for hydroxylation is 1. The molecule has 2 N–H and O–H groups in total. The van der Waals surface area contributed by atoms with E-state index in [0.717, 1.165) is 15.7 Å². The van der Waals surface area contributed by atoms with E-state index in [1.807, 2.05) is 32.0 Å². The third-order valence-electron chi connectivity index (χ3n) is 2.57. The van der Waals surface area contributed by atoms with Gasteiger partial charge in [-0.15, -0.1) is 0 Å². The van der Waals surface area contributed by atoms with Crippen molar-refractivity contribution in [2.45, 2.75) is 19.9 Å². The number of carbonyl (C=O) groups excluding carboxylic acids is 1. The Balaban J connectivity index is 2.55. The smallest absolute Gasteiger partial charge is 0.242 e. The number of hydrogen-bond acceptors (Lipinski definition) is 3. The van der Waals surface area contributed by atoms with E-state index in [0.29, 0.717) is 13.2 Å². The van der Waals surface area contributed by atoms with Gasteiger partial charge in [-0.25, -0.2) is 0 Å². The third kappa shape index (κ3) is 4.66. The molecule has 0 aliphatic heterocycles. The summed E-state index contributed by atoms with van der Waals surface area (Å²) in [5, 5.41) is 5.99. The van der Waals surface area contributed by atoms with E-state index in [2.05, 4.69) is 26.6 Å². The Labute approximate surface area is 116 Å². The highest BCUT2D eigenvalue weighted by molar-refractivity contribution is 9.10. The highest BCUT2D eigenvalue weighted by atomic mass is 79.9. The fraction of sp³-hybridized carbons (Fsp3) is 0.462. The van der Waals surface area contributed by atoms with Crippen molar-refractivity contribution in [3.8, 4) is 0 Å². The van der Waals surface area contributed by atoms with Gasteiger partial charge in [0.15, 0.2) is 0 Å². The van der Waals surface area contributed by atoms with Crippen molar-refractivity contribution in [3.63, 3.8) is 0 Å². The van der Waals surface area contributed by atoms with Gasteiger partial charge in [0, 0.05) is 23.8 Å². The van der Waals surface area contributed by atoms with E-state index in [1.54, 1.807) is 7.11 Å². The molecule has 1 atom stereocenters. The summed E-state index contributed by atoms with van der Waals surface area (Å²) in [6, 6.07) is 5.66. The number of hydrogen-bond donors (Lipinski definition) is 2. The molecule has 0 bridgehead atoms. The number of methoxy groups -OCH3 is 1. The molecule has 0 radical (unpaired) electrons. The van der Waals surface area contributed by atoms with Crippen LogP contribution in [0.3, 0.4) is 0 Å². The molecule has 0 spiro atoms. The Kier molecular flexibility index (Phi) is 6.15. The summed E-state index contributed by atoms with van der Waals surface area (Å²) in [6.45, 7) is 4.89. The number of halogens is 1. The number of nitrogens with one attached hydrogen (secondary N) is 2. The lowest BCUT2D eigenvalue weighted by Crippen LogP contribution is -2.39. The van der Waals surface area contributed by atoms with Crippen molar-refractivity contribution in [2.75, 3.05) is 25.6 Å². The average Bonchev–Trinajstić information content (AvgIpc) is 2.34. The van der Waals surface area contributed by atoms with Crippen LogP contribution in [-0.2, 0) is 9.53 Å². The van der Waals surface area contributed by atoms with Gasteiger partial charge in [0.25, 0.3) is 0 Å². The Bertz CT molecular complexity index is 410. The first-order valence-electron chi connectivity index (χ1n) is 5.84. The lowest BCUT2D eigenvalue weighted by molar-refractivity contribution is -0.121. The Hall–Kier alpha value is -1.07. The molecule has 0 heterocycles. The highest BCUT2D eigenvalue weighted by Gasteiger charge is 2.12. The zero-order valence-electron chi connectivity index (χ0n) is 10.9. The number of carbonyl (C=O) groups is 1. The minimum Gasteiger partial charge on any atom is -0.383 e. The first kappa shape index (κ1) is 15.0. The molecule has 4 nitrogen and oxygen atoms in total. The minimum atomic E-state index is -0.283. The molecule has 1 unspecified atom stereocenters. The molecule has 0 fully saturated rings. The summed E-state index contributed by atoms with van der Waals surface area (Å²) in [5.74, 6) is -0.0357. The molecule has 1 aromatic carbocycles. The van der Waals surface area contributed by atoms with Gasteiger partial charge in [-0.2, -0.15) is 0 Å². The van der Waals surface area contributed by atoms with Crippen molar-refractivity contribution >= 4 is 27.5 Å². The SMILES string of the molecule is COCCNC(=O)C(C)Nc1cc(Br)ccc1C. The highest BCUT2D eigenvalue weighted by Crippen LogP contribution is 2.21. The molecule has 0 aliphatic carbocycles. The molecule has 100 valence electrons. The van der Waals surface area contributed by atoms with E-state index in [4.69, 9.17) is 4.74 Å². The summed E-state index contributed by atoms with van der Waals surface area (Å²) in [6.07, 6.45) is 0. The van der Waals surface area contributed by atoms with Gasteiger partial charge in [0.2, 0.25) is 5.91 Å². The molecular formula is C13H19BrN2O2.